The topological polar surface area (TPSA) is 64.1 Å². The van der Waals surface area contributed by atoms with Gasteiger partial charge in [-0.2, -0.15) is 4.98 Å². The minimum atomic E-state index is 0.193. The van der Waals surface area contributed by atoms with Gasteiger partial charge in [0.2, 0.25) is 11.7 Å². The number of hydrogen-bond donors (Lipinski definition) is 1. The third-order valence-corrected chi connectivity index (χ3v) is 3.44. The number of likely N-dealkylation sites (N-methyl/N-ethyl adjacent to an activating group) is 1. The molecular weight excluding hydrogens is 242 g/mol. The molecule has 0 aliphatic carbocycles. The van der Waals surface area contributed by atoms with Gasteiger partial charge < -0.3 is 14.3 Å². The van der Waals surface area contributed by atoms with Gasteiger partial charge in [0.05, 0.1) is 17.7 Å². The van der Waals surface area contributed by atoms with Crippen LogP contribution in [0, 0.1) is 6.92 Å². The van der Waals surface area contributed by atoms with Crippen LogP contribution in [0.15, 0.2) is 21.3 Å². The van der Waals surface area contributed by atoms with Gasteiger partial charge in [-0.15, -0.1) is 0 Å². The zero-order valence-corrected chi connectivity index (χ0v) is 11.9. The summed E-state index contributed by atoms with van der Waals surface area (Å²) in [6.07, 6.45) is 2.66. The number of nitrogens with one attached hydrogen (secondary N) is 1. The van der Waals surface area contributed by atoms with Crippen molar-refractivity contribution in [2.45, 2.75) is 46.1 Å². The lowest BCUT2D eigenvalue weighted by Gasteiger charge is -2.20. The van der Waals surface area contributed by atoms with Crippen LogP contribution >= 0.6 is 0 Å². The first-order chi connectivity index (χ1) is 9.17. The molecule has 2 unspecified atom stereocenters. The fourth-order valence-corrected chi connectivity index (χ4v) is 2.26. The summed E-state index contributed by atoms with van der Waals surface area (Å²) < 4.78 is 10.7. The molecule has 0 saturated carbocycles. The lowest BCUT2D eigenvalue weighted by atomic mass is 9.99. The van der Waals surface area contributed by atoms with Gasteiger partial charge >= 0.3 is 0 Å². The van der Waals surface area contributed by atoms with Gasteiger partial charge in [-0.25, -0.2) is 0 Å². The Hall–Kier alpha value is -1.62. The fraction of sp³-hybridized carbons (Fsp3) is 0.571. The van der Waals surface area contributed by atoms with E-state index in [2.05, 4.69) is 36.2 Å². The predicted octanol–water partition coefficient (Wildman–Crippen LogP) is 3.13. The minimum Gasteiger partial charge on any atom is -0.469 e. The molecule has 5 nitrogen and oxygen atoms in total. The Bertz CT molecular complexity index is 518. The molecule has 1 N–H and O–H groups in total. The highest BCUT2D eigenvalue weighted by Crippen LogP contribution is 2.25. The van der Waals surface area contributed by atoms with Gasteiger partial charge in [-0.3, -0.25) is 0 Å². The van der Waals surface area contributed by atoms with Crippen molar-refractivity contribution in [3.8, 4) is 11.4 Å². The number of furan rings is 1. The van der Waals surface area contributed by atoms with E-state index in [1.807, 2.05) is 13.0 Å². The summed E-state index contributed by atoms with van der Waals surface area (Å²) in [5.74, 6) is 2.26. The summed E-state index contributed by atoms with van der Waals surface area (Å²) >= 11 is 0. The molecule has 2 aromatic heterocycles. The highest BCUT2D eigenvalue weighted by Gasteiger charge is 2.23. The fourth-order valence-electron chi connectivity index (χ4n) is 2.26. The largest absolute Gasteiger partial charge is 0.469 e. The molecule has 19 heavy (non-hydrogen) atoms. The Kier molecular flexibility index (Phi) is 4.37. The van der Waals surface area contributed by atoms with E-state index in [-0.39, 0.29) is 5.92 Å². The van der Waals surface area contributed by atoms with E-state index in [1.165, 1.54) is 0 Å². The second kappa shape index (κ2) is 6.02. The van der Waals surface area contributed by atoms with E-state index in [9.17, 15) is 0 Å². The van der Waals surface area contributed by atoms with Crippen molar-refractivity contribution in [2.75, 3.05) is 6.54 Å². The third kappa shape index (κ3) is 2.87. The zero-order valence-electron chi connectivity index (χ0n) is 11.9. The Morgan fingerprint density at radius 1 is 1.37 bits per heavy atom. The van der Waals surface area contributed by atoms with E-state index in [0.717, 1.165) is 24.3 Å². The number of hydrogen-bond acceptors (Lipinski definition) is 5. The standard InChI is InChI=1S/C14H21N3O2/c1-5-12(15-6-2)9(3)14-16-13(17-19-14)11-7-8-18-10(11)4/h7-9,12,15H,5-6H2,1-4H3. The van der Waals surface area contributed by atoms with E-state index in [4.69, 9.17) is 8.94 Å². The van der Waals surface area contributed by atoms with Crippen molar-refractivity contribution in [1.82, 2.24) is 15.5 Å². The van der Waals surface area contributed by atoms with Gasteiger partial charge in [0.15, 0.2) is 0 Å². The highest BCUT2D eigenvalue weighted by molar-refractivity contribution is 5.56. The van der Waals surface area contributed by atoms with Crippen LogP contribution in [0.4, 0.5) is 0 Å². The monoisotopic (exact) mass is 263 g/mol. The molecule has 0 spiro atoms. The van der Waals surface area contributed by atoms with Crippen molar-refractivity contribution < 1.29 is 8.94 Å². The molecular formula is C14H21N3O2. The summed E-state index contributed by atoms with van der Waals surface area (Å²) in [4.78, 5) is 4.49. The molecule has 0 saturated heterocycles. The van der Waals surface area contributed by atoms with E-state index in [1.54, 1.807) is 6.26 Å². The SMILES string of the molecule is CCNC(CC)C(C)c1nc(-c2ccoc2C)no1. The molecule has 0 aliphatic heterocycles. The van der Waals surface area contributed by atoms with Crippen LogP contribution in [0.3, 0.4) is 0 Å². The van der Waals surface area contributed by atoms with Crippen LogP contribution in [0.1, 0.15) is 44.8 Å². The second-order valence-corrected chi connectivity index (χ2v) is 4.71. The van der Waals surface area contributed by atoms with Crippen molar-refractivity contribution in [2.24, 2.45) is 0 Å². The lowest BCUT2D eigenvalue weighted by Crippen LogP contribution is -2.33. The van der Waals surface area contributed by atoms with Crippen molar-refractivity contribution in [3.63, 3.8) is 0 Å². The molecule has 104 valence electrons. The van der Waals surface area contributed by atoms with Gasteiger partial charge in [-0.05, 0) is 26.0 Å². The molecule has 0 fully saturated rings. The zero-order chi connectivity index (χ0) is 13.8. The van der Waals surface area contributed by atoms with Crippen molar-refractivity contribution in [1.29, 1.82) is 0 Å². The summed E-state index contributed by atoms with van der Waals surface area (Å²) in [6, 6.07) is 2.21. The number of aromatic nitrogens is 2. The first kappa shape index (κ1) is 13.8. The number of nitrogens with zero attached hydrogens (tertiary/aromatic N) is 2. The van der Waals surface area contributed by atoms with Crippen LogP contribution in [-0.4, -0.2) is 22.7 Å². The average Bonchev–Trinajstić information content (AvgIpc) is 3.03. The molecule has 2 atom stereocenters. The second-order valence-electron chi connectivity index (χ2n) is 4.71. The van der Waals surface area contributed by atoms with Crippen LogP contribution in [0.25, 0.3) is 11.4 Å². The maximum Gasteiger partial charge on any atom is 0.231 e. The molecule has 2 heterocycles. The molecule has 0 amide bonds. The third-order valence-electron chi connectivity index (χ3n) is 3.44. The number of rotatable bonds is 6. The first-order valence-corrected chi connectivity index (χ1v) is 6.78. The van der Waals surface area contributed by atoms with Crippen molar-refractivity contribution >= 4 is 0 Å². The highest BCUT2D eigenvalue weighted by atomic mass is 16.5. The smallest absolute Gasteiger partial charge is 0.231 e. The Balaban J connectivity index is 2.19. The molecule has 0 radical (unpaired) electrons. The average molecular weight is 263 g/mol. The lowest BCUT2D eigenvalue weighted by molar-refractivity contribution is 0.321. The first-order valence-electron chi connectivity index (χ1n) is 6.78. The molecule has 0 bridgehead atoms. The van der Waals surface area contributed by atoms with Gasteiger partial charge in [-0.1, -0.05) is 25.9 Å². The Labute approximate surface area is 113 Å². The maximum atomic E-state index is 5.39. The van der Waals surface area contributed by atoms with E-state index in [0.29, 0.717) is 17.8 Å². The summed E-state index contributed by atoms with van der Waals surface area (Å²) in [5, 5.41) is 7.48. The minimum absolute atomic E-state index is 0.193. The summed E-state index contributed by atoms with van der Waals surface area (Å²) in [7, 11) is 0. The quantitative estimate of drug-likeness (QED) is 0.867. The van der Waals surface area contributed by atoms with Gasteiger partial charge in [0, 0.05) is 6.04 Å². The molecule has 0 aliphatic rings. The van der Waals surface area contributed by atoms with Crippen molar-refractivity contribution in [3.05, 3.63) is 24.0 Å². The molecule has 0 aromatic carbocycles. The Morgan fingerprint density at radius 2 is 2.16 bits per heavy atom. The normalized spacial score (nSPS) is 14.5. The van der Waals surface area contributed by atoms with Crippen LogP contribution < -0.4 is 5.32 Å². The van der Waals surface area contributed by atoms with E-state index < -0.39 is 0 Å². The predicted molar refractivity (Wildman–Crippen MR) is 72.9 cm³/mol. The summed E-state index contributed by atoms with van der Waals surface area (Å²) in [6.45, 7) is 9.19. The van der Waals surface area contributed by atoms with Crippen LogP contribution in [0.5, 0.6) is 0 Å². The van der Waals surface area contributed by atoms with E-state index >= 15 is 0 Å². The summed E-state index contributed by atoms with van der Waals surface area (Å²) in [5.41, 5.74) is 0.888. The maximum absolute atomic E-state index is 5.39. The van der Waals surface area contributed by atoms with Gasteiger partial charge in [0.25, 0.3) is 0 Å². The Morgan fingerprint density at radius 3 is 2.74 bits per heavy atom. The molecule has 2 rings (SSSR count). The van der Waals surface area contributed by atoms with Gasteiger partial charge in [0.1, 0.15) is 5.76 Å². The number of aryl methyl sites for hydroxylation is 1. The van der Waals surface area contributed by atoms with Crippen LogP contribution in [0.2, 0.25) is 0 Å². The molecule has 5 heteroatoms. The van der Waals surface area contributed by atoms with Crippen LogP contribution in [-0.2, 0) is 0 Å². The molecule has 2 aromatic rings.